The van der Waals surface area contributed by atoms with Crippen LogP contribution in [0.1, 0.15) is 43.9 Å². The molecule has 2 aromatic heterocycles. The average molecular weight is 587 g/mol. The Hall–Kier alpha value is -4.26. The van der Waals surface area contributed by atoms with Crippen molar-refractivity contribution in [1.82, 2.24) is 14.9 Å². The lowest BCUT2D eigenvalue weighted by Crippen LogP contribution is -2.42. The Balaban J connectivity index is 1.43. The molecule has 0 saturated carbocycles. The number of hydrogen-bond acceptors (Lipinski definition) is 7. The van der Waals surface area contributed by atoms with Gasteiger partial charge in [-0.15, -0.1) is 0 Å². The molecule has 13 heteroatoms. The lowest BCUT2D eigenvalue weighted by Gasteiger charge is -2.28. The van der Waals surface area contributed by atoms with Gasteiger partial charge in [0.25, 0.3) is 10.0 Å². The van der Waals surface area contributed by atoms with Crippen molar-refractivity contribution < 1.29 is 31.1 Å². The molecule has 1 aliphatic carbocycles. The molecule has 0 aliphatic heterocycles. The number of rotatable bonds is 6. The number of sulfonamides is 1. The zero-order valence-corrected chi connectivity index (χ0v) is 23.3. The van der Waals surface area contributed by atoms with Crippen molar-refractivity contribution in [1.29, 1.82) is 0 Å². The van der Waals surface area contributed by atoms with E-state index >= 15 is 4.39 Å². The van der Waals surface area contributed by atoms with Crippen LogP contribution in [0.4, 0.5) is 19.4 Å². The van der Waals surface area contributed by atoms with Crippen LogP contribution in [0.5, 0.6) is 0 Å². The SMILES string of the molecule is CC(C)(C)OC(=O)NC1CCc2cccc(Cn3c(=O)oc4cc(S(=O)(=O)Nc5cccc(F)n5)c(F)cc43)c2C1. The van der Waals surface area contributed by atoms with E-state index in [2.05, 4.69) is 10.3 Å². The number of carbonyl (C=O) groups excluding carboxylic acids is 1. The fraction of sp³-hybridized carbons (Fsp3) is 0.321. The van der Waals surface area contributed by atoms with Crippen molar-refractivity contribution in [3.8, 4) is 0 Å². The fourth-order valence-corrected chi connectivity index (χ4v) is 5.93. The maximum Gasteiger partial charge on any atom is 0.420 e. The maximum atomic E-state index is 15.2. The van der Waals surface area contributed by atoms with Gasteiger partial charge in [0.05, 0.1) is 12.1 Å². The van der Waals surface area contributed by atoms with Crippen LogP contribution in [0.15, 0.2) is 62.6 Å². The third-order valence-electron chi connectivity index (χ3n) is 6.60. The lowest BCUT2D eigenvalue weighted by atomic mass is 9.85. The first-order chi connectivity index (χ1) is 19.3. The molecule has 1 unspecified atom stereocenters. The van der Waals surface area contributed by atoms with E-state index in [0.717, 1.165) is 34.9 Å². The molecule has 2 heterocycles. The Morgan fingerprint density at radius 2 is 1.93 bits per heavy atom. The number of nitrogens with zero attached hydrogens (tertiary/aromatic N) is 2. The summed E-state index contributed by atoms with van der Waals surface area (Å²) in [6, 6.07) is 10.8. The van der Waals surface area contributed by atoms with Crippen molar-refractivity contribution in [2.24, 2.45) is 0 Å². The van der Waals surface area contributed by atoms with Crippen molar-refractivity contribution in [2.75, 3.05) is 4.72 Å². The first kappa shape index (κ1) is 28.3. The number of alkyl carbamates (subject to hydrolysis) is 1. The minimum Gasteiger partial charge on any atom is -0.444 e. The van der Waals surface area contributed by atoms with Gasteiger partial charge in [-0.3, -0.25) is 9.29 Å². The number of benzene rings is 2. The fourth-order valence-electron chi connectivity index (χ4n) is 4.86. The first-order valence-electron chi connectivity index (χ1n) is 12.9. The number of pyridine rings is 1. The third-order valence-corrected chi connectivity index (χ3v) is 7.97. The van der Waals surface area contributed by atoms with Crippen LogP contribution >= 0.6 is 0 Å². The highest BCUT2D eigenvalue weighted by atomic mass is 32.2. The van der Waals surface area contributed by atoms with Gasteiger partial charge in [0.15, 0.2) is 5.58 Å². The maximum absolute atomic E-state index is 15.2. The normalized spacial score (nSPS) is 15.4. The van der Waals surface area contributed by atoms with Gasteiger partial charge in [-0.05, 0) is 68.9 Å². The Kier molecular flexibility index (Phi) is 7.32. The van der Waals surface area contributed by atoms with Gasteiger partial charge in [-0.2, -0.15) is 4.39 Å². The van der Waals surface area contributed by atoms with E-state index < -0.39 is 44.1 Å². The Morgan fingerprint density at radius 1 is 1.17 bits per heavy atom. The van der Waals surface area contributed by atoms with Crippen LogP contribution in [-0.2, 0) is 34.1 Å². The van der Waals surface area contributed by atoms with Gasteiger partial charge in [0.2, 0.25) is 5.95 Å². The van der Waals surface area contributed by atoms with Crippen molar-refractivity contribution in [3.05, 3.63) is 87.5 Å². The molecule has 0 saturated heterocycles. The number of ether oxygens (including phenoxy) is 1. The van der Waals surface area contributed by atoms with E-state index in [1.54, 1.807) is 20.8 Å². The number of carbonyl (C=O) groups is 1. The topological polar surface area (TPSA) is 133 Å². The minimum absolute atomic E-state index is 0.0329. The molecular formula is C28H28F2N4O6S. The number of hydrogen-bond donors (Lipinski definition) is 2. The van der Waals surface area contributed by atoms with Gasteiger partial charge in [-0.1, -0.05) is 24.3 Å². The Morgan fingerprint density at radius 3 is 2.66 bits per heavy atom. The second kappa shape index (κ2) is 10.6. The number of amides is 1. The largest absolute Gasteiger partial charge is 0.444 e. The Bertz CT molecular complexity index is 1810. The zero-order chi connectivity index (χ0) is 29.5. The van der Waals surface area contributed by atoms with E-state index in [9.17, 15) is 22.4 Å². The molecule has 0 radical (unpaired) electrons. The van der Waals surface area contributed by atoms with Crippen molar-refractivity contribution in [2.45, 2.75) is 63.1 Å². The number of fused-ring (bicyclic) bond motifs is 2. The number of halogens is 2. The summed E-state index contributed by atoms with van der Waals surface area (Å²) in [7, 11) is -4.52. The molecule has 216 valence electrons. The third kappa shape index (κ3) is 6.24. The Labute approximate surface area is 234 Å². The number of aryl methyl sites for hydroxylation is 1. The predicted molar refractivity (Wildman–Crippen MR) is 146 cm³/mol. The van der Waals surface area contributed by atoms with Gasteiger partial charge < -0.3 is 14.5 Å². The summed E-state index contributed by atoms with van der Waals surface area (Å²) in [5, 5.41) is 2.91. The number of nitrogens with one attached hydrogen (secondary N) is 2. The lowest BCUT2D eigenvalue weighted by molar-refractivity contribution is 0.0500. The van der Waals surface area contributed by atoms with Crippen LogP contribution in [0.25, 0.3) is 11.1 Å². The number of anilines is 1. The smallest absolute Gasteiger partial charge is 0.420 e. The van der Waals surface area contributed by atoms with Crippen molar-refractivity contribution in [3.63, 3.8) is 0 Å². The molecule has 0 bridgehead atoms. The number of aromatic nitrogens is 2. The summed E-state index contributed by atoms with van der Waals surface area (Å²) < 4.78 is 68.1. The first-order valence-corrected chi connectivity index (χ1v) is 14.3. The minimum atomic E-state index is -4.52. The highest BCUT2D eigenvalue weighted by molar-refractivity contribution is 7.92. The monoisotopic (exact) mass is 586 g/mol. The highest BCUT2D eigenvalue weighted by Crippen LogP contribution is 2.28. The van der Waals surface area contributed by atoms with Gasteiger partial charge in [-0.25, -0.2) is 27.4 Å². The second-order valence-corrected chi connectivity index (χ2v) is 12.4. The van der Waals surface area contributed by atoms with Crippen LogP contribution < -0.4 is 15.8 Å². The van der Waals surface area contributed by atoms with E-state index in [-0.39, 0.29) is 29.5 Å². The van der Waals surface area contributed by atoms with E-state index in [1.807, 2.05) is 22.9 Å². The second-order valence-electron chi connectivity index (χ2n) is 10.8. The van der Waals surface area contributed by atoms with Crippen LogP contribution in [0.2, 0.25) is 0 Å². The zero-order valence-electron chi connectivity index (χ0n) is 22.5. The van der Waals surface area contributed by atoms with Crippen LogP contribution in [0, 0.1) is 11.8 Å². The molecule has 41 heavy (non-hydrogen) atoms. The summed E-state index contributed by atoms with van der Waals surface area (Å²) in [6.07, 6.45) is 1.41. The molecule has 2 aromatic carbocycles. The summed E-state index contributed by atoms with van der Waals surface area (Å²) >= 11 is 0. The van der Waals surface area contributed by atoms with E-state index in [1.165, 1.54) is 16.7 Å². The summed E-state index contributed by atoms with van der Waals surface area (Å²) in [5.74, 6) is -3.19. The molecule has 0 spiro atoms. The summed E-state index contributed by atoms with van der Waals surface area (Å²) in [4.78, 5) is 27.8. The molecule has 1 atom stereocenters. The molecule has 10 nitrogen and oxygen atoms in total. The van der Waals surface area contributed by atoms with Gasteiger partial charge in [0, 0.05) is 18.2 Å². The van der Waals surface area contributed by atoms with Crippen LogP contribution in [0.3, 0.4) is 0 Å². The molecule has 1 amide bonds. The molecule has 4 aromatic rings. The summed E-state index contributed by atoms with van der Waals surface area (Å²) in [6.45, 7) is 5.39. The standard InChI is InChI=1S/C28H28F2N4O6S/c1-28(2,3)40-26(35)31-18-11-10-16-6-4-7-17(19(16)12-18)15-34-21-13-20(29)23(14-22(21)39-27(34)36)41(37,38)33-25-9-5-8-24(30)32-25/h4-9,13-14,18H,10-12,15H2,1-3H3,(H,31,35)(H,32,33). The van der Waals surface area contributed by atoms with E-state index in [4.69, 9.17) is 9.15 Å². The molecule has 5 rings (SSSR count). The highest BCUT2D eigenvalue weighted by Gasteiger charge is 2.27. The number of oxazole rings is 1. The molecule has 1 aliphatic rings. The van der Waals surface area contributed by atoms with Crippen LogP contribution in [-0.4, -0.2) is 35.7 Å². The van der Waals surface area contributed by atoms with E-state index in [0.29, 0.717) is 19.3 Å². The van der Waals surface area contributed by atoms with Gasteiger partial charge >= 0.3 is 11.8 Å². The quantitative estimate of drug-likeness (QED) is 0.318. The molecule has 0 fully saturated rings. The predicted octanol–water partition coefficient (Wildman–Crippen LogP) is 4.50. The average Bonchev–Trinajstić information content (AvgIpc) is 3.16. The van der Waals surface area contributed by atoms with Crippen molar-refractivity contribution >= 4 is 33.0 Å². The van der Waals surface area contributed by atoms with Gasteiger partial charge in [0.1, 0.15) is 22.1 Å². The molecular weight excluding hydrogens is 558 g/mol. The molecule has 2 N–H and O–H groups in total. The summed E-state index contributed by atoms with van der Waals surface area (Å²) in [5.41, 5.74) is 2.09.